The first-order chi connectivity index (χ1) is 3.98. The molecule has 0 spiro atoms. The van der Waals surface area contributed by atoms with Gasteiger partial charge >= 0.3 is 0 Å². The van der Waals surface area contributed by atoms with Crippen LogP contribution in [0, 0.1) is 0 Å². The summed E-state index contributed by atoms with van der Waals surface area (Å²) in [6, 6.07) is 0. The maximum Gasteiger partial charge on any atom is 0.124 e. The fraction of sp³-hybridized carbons (Fsp3) is 1.00. The van der Waals surface area contributed by atoms with Crippen LogP contribution in [0.1, 0.15) is 19.8 Å². The average Bonchev–Trinajstić information content (AvgIpc) is 1.64. The summed E-state index contributed by atoms with van der Waals surface area (Å²) < 4.78 is -0.851. The first kappa shape index (κ1) is 10.0. The molecule has 0 aromatic heterocycles. The van der Waals surface area contributed by atoms with Crippen LogP contribution in [0.5, 0.6) is 0 Å². The Kier molecular flexibility index (Phi) is 4.46. The molecule has 1 N–H and O–H groups in total. The van der Waals surface area contributed by atoms with E-state index in [-0.39, 0.29) is 0 Å². The van der Waals surface area contributed by atoms with Gasteiger partial charge in [-0.3, -0.25) is 0 Å². The van der Waals surface area contributed by atoms with E-state index in [1.165, 1.54) is 0 Å². The van der Waals surface area contributed by atoms with Gasteiger partial charge in [-0.1, -0.05) is 13.3 Å². The second-order valence-corrected chi connectivity index (χ2v) is 5.17. The van der Waals surface area contributed by atoms with Gasteiger partial charge in [-0.2, -0.15) is 0 Å². The Labute approximate surface area is 72.5 Å². The Balaban J connectivity index is 3.59. The van der Waals surface area contributed by atoms with Crippen LogP contribution in [0.15, 0.2) is 0 Å². The fourth-order valence-corrected chi connectivity index (χ4v) is 0.854. The lowest BCUT2D eigenvalue weighted by Gasteiger charge is -2.21. The van der Waals surface area contributed by atoms with E-state index in [2.05, 4.69) is 37.9 Å². The predicted molar refractivity (Wildman–Crippen MR) is 50.6 cm³/mol. The van der Waals surface area contributed by atoms with Gasteiger partial charge in [0.25, 0.3) is 0 Å². The number of hydrogen-bond acceptors (Lipinski definition) is 4. The minimum absolute atomic E-state index is 0.544. The second kappa shape index (κ2) is 4.01. The molecule has 1 atom stereocenters. The summed E-state index contributed by atoms with van der Waals surface area (Å²) in [6.07, 6.45) is 1.07. The van der Waals surface area contributed by atoms with Crippen LogP contribution >= 0.6 is 37.9 Å². The highest BCUT2D eigenvalue weighted by Gasteiger charge is 2.24. The molecule has 0 rings (SSSR count). The van der Waals surface area contributed by atoms with Crippen LogP contribution < -0.4 is 0 Å². The molecule has 0 radical (unpaired) electrons. The monoisotopic (exact) mass is 184 g/mol. The number of thiol groups is 3. The summed E-state index contributed by atoms with van der Waals surface area (Å²) in [5.74, 6) is 0. The minimum atomic E-state index is -0.851. The molecule has 0 aliphatic heterocycles. The zero-order chi connectivity index (χ0) is 7.49. The summed E-state index contributed by atoms with van der Waals surface area (Å²) in [6.45, 7) is 1.99. The van der Waals surface area contributed by atoms with E-state index in [0.29, 0.717) is 6.42 Å². The van der Waals surface area contributed by atoms with E-state index < -0.39 is 9.52 Å². The van der Waals surface area contributed by atoms with Crippen LogP contribution in [-0.2, 0) is 0 Å². The quantitative estimate of drug-likeness (QED) is 0.388. The first-order valence-electron chi connectivity index (χ1n) is 2.83. The van der Waals surface area contributed by atoms with Gasteiger partial charge in [0, 0.05) is 0 Å². The highest BCUT2D eigenvalue weighted by Crippen LogP contribution is 2.30. The van der Waals surface area contributed by atoms with Crippen molar-refractivity contribution in [3.8, 4) is 0 Å². The molecule has 56 valence electrons. The summed E-state index contributed by atoms with van der Waals surface area (Å²) in [5.41, 5.74) is 0. The average molecular weight is 184 g/mol. The third-order valence-corrected chi connectivity index (χ3v) is 1.90. The molecule has 0 saturated carbocycles. The summed E-state index contributed by atoms with van der Waals surface area (Å²) in [7, 11) is 0. The predicted octanol–water partition coefficient (Wildman–Crippen LogP) is 1.59. The van der Waals surface area contributed by atoms with Gasteiger partial charge in [0.2, 0.25) is 0 Å². The first-order valence-corrected chi connectivity index (χ1v) is 4.17. The van der Waals surface area contributed by atoms with Crippen molar-refractivity contribution in [2.24, 2.45) is 0 Å². The van der Waals surface area contributed by atoms with Crippen LogP contribution in [0.4, 0.5) is 0 Å². The summed E-state index contributed by atoms with van der Waals surface area (Å²) in [4.78, 5) is 0. The standard InChI is InChI=1S/C5H12OS3/c1-2-3-4(6)5(7,8)9/h4,6-9H,2-3H2,1H3. The van der Waals surface area contributed by atoms with Gasteiger partial charge in [-0.25, -0.2) is 0 Å². The molecule has 0 aromatic carbocycles. The molecule has 1 nitrogen and oxygen atoms in total. The smallest absolute Gasteiger partial charge is 0.124 e. The number of rotatable bonds is 3. The molecule has 0 aliphatic carbocycles. The summed E-state index contributed by atoms with van der Waals surface area (Å²) >= 11 is 11.9. The summed E-state index contributed by atoms with van der Waals surface area (Å²) in [5, 5.41) is 9.16. The number of hydrogen-bond donors (Lipinski definition) is 4. The van der Waals surface area contributed by atoms with E-state index in [1.807, 2.05) is 6.92 Å². The normalized spacial score (nSPS) is 15.7. The van der Waals surface area contributed by atoms with Crippen molar-refractivity contribution in [3.63, 3.8) is 0 Å². The molecule has 0 saturated heterocycles. The Hall–Kier alpha value is 1.01. The van der Waals surface area contributed by atoms with Crippen molar-refractivity contribution in [1.29, 1.82) is 0 Å². The van der Waals surface area contributed by atoms with E-state index in [1.54, 1.807) is 0 Å². The van der Waals surface area contributed by atoms with E-state index >= 15 is 0 Å². The SMILES string of the molecule is CCCC(O)C(S)(S)S. The largest absolute Gasteiger partial charge is 0.390 e. The molecule has 0 heterocycles. The molecule has 9 heavy (non-hydrogen) atoms. The lowest BCUT2D eigenvalue weighted by atomic mass is 10.2. The van der Waals surface area contributed by atoms with Gasteiger partial charge in [0.1, 0.15) is 3.41 Å². The minimum Gasteiger partial charge on any atom is -0.390 e. The molecular formula is C5H12OS3. The number of aliphatic hydroxyl groups is 1. The molecule has 0 aromatic rings. The Bertz CT molecular complexity index is 78.8. The molecule has 1 unspecified atom stereocenters. The van der Waals surface area contributed by atoms with Gasteiger partial charge in [-0.05, 0) is 6.42 Å². The topological polar surface area (TPSA) is 20.2 Å². The molecule has 0 bridgehead atoms. The Morgan fingerprint density at radius 1 is 1.44 bits per heavy atom. The van der Waals surface area contributed by atoms with Gasteiger partial charge in [0.05, 0.1) is 6.10 Å². The van der Waals surface area contributed by atoms with Crippen LogP contribution in [0.25, 0.3) is 0 Å². The van der Waals surface area contributed by atoms with Gasteiger partial charge in [-0.15, -0.1) is 37.9 Å². The van der Waals surface area contributed by atoms with E-state index in [4.69, 9.17) is 5.11 Å². The lowest BCUT2D eigenvalue weighted by molar-refractivity contribution is 0.174. The molecule has 0 amide bonds. The molecule has 0 fully saturated rings. The van der Waals surface area contributed by atoms with Crippen molar-refractivity contribution < 1.29 is 5.11 Å². The maximum atomic E-state index is 9.16. The second-order valence-electron chi connectivity index (χ2n) is 1.99. The highest BCUT2D eigenvalue weighted by molar-refractivity contribution is 8.17. The van der Waals surface area contributed by atoms with E-state index in [9.17, 15) is 0 Å². The Morgan fingerprint density at radius 2 is 1.89 bits per heavy atom. The van der Waals surface area contributed by atoms with E-state index in [0.717, 1.165) is 6.42 Å². The van der Waals surface area contributed by atoms with Crippen molar-refractivity contribution in [2.75, 3.05) is 0 Å². The fourth-order valence-electron chi connectivity index (χ4n) is 0.467. The van der Waals surface area contributed by atoms with Crippen molar-refractivity contribution >= 4 is 37.9 Å². The molecule has 0 aliphatic rings. The molecule has 4 heteroatoms. The zero-order valence-electron chi connectivity index (χ0n) is 5.28. The van der Waals surface area contributed by atoms with Crippen LogP contribution in [0.2, 0.25) is 0 Å². The van der Waals surface area contributed by atoms with Crippen LogP contribution in [-0.4, -0.2) is 14.6 Å². The highest BCUT2D eigenvalue weighted by atomic mass is 32.2. The van der Waals surface area contributed by atoms with Gasteiger partial charge < -0.3 is 5.11 Å². The number of aliphatic hydroxyl groups excluding tert-OH is 1. The lowest BCUT2D eigenvalue weighted by Crippen LogP contribution is -2.24. The third-order valence-electron chi connectivity index (χ3n) is 1.01. The third kappa shape index (κ3) is 4.42. The zero-order valence-corrected chi connectivity index (χ0v) is 7.96. The van der Waals surface area contributed by atoms with Crippen molar-refractivity contribution in [2.45, 2.75) is 29.3 Å². The molecular weight excluding hydrogens is 172 g/mol. The van der Waals surface area contributed by atoms with Crippen LogP contribution in [0.3, 0.4) is 0 Å². The Morgan fingerprint density at radius 3 is 2.00 bits per heavy atom. The van der Waals surface area contributed by atoms with Gasteiger partial charge in [0.15, 0.2) is 0 Å². The van der Waals surface area contributed by atoms with Crippen molar-refractivity contribution in [1.82, 2.24) is 0 Å². The van der Waals surface area contributed by atoms with Crippen molar-refractivity contribution in [3.05, 3.63) is 0 Å². The maximum absolute atomic E-state index is 9.16.